The number of para-hydroxylation sites is 1. The van der Waals surface area contributed by atoms with Crippen molar-refractivity contribution in [3.8, 4) is 0 Å². The summed E-state index contributed by atoms with van der Waals surface area (Å²) >= 11 is 0. The smallest absolute Gasteiger partial charge is 0.221 e. The molecule has 0 unspecified atom stereocenters. The summed E-state index contributed by atoms with van der Waals surface area (Å²) in [5.74, 6) is -1.35. The molecular formula is C15H20F2N2O. The minimum Gasteiger partial charge on any atom is -0.380 e. The number of carbonyl (C=O) groups is 1. The number of hydrogen-bond donors (Lipinski definition) is 2. The molecule has 110 valence electrons. The van der Waals surface area contributed by atoms with Crippen molar-refractivity contribution in [1.29, 1.82) is 0 Å². The third kappa shape index (κ3) is 4.18. The lowest BCUT2D eigenvalue weighted by Gasteiger charge is -2.22. The van der Waals surface area contributed by atoms with E-state index in [1.807, 2.05) is 0 Å². The maximum absolute atomic E-state index is 13.3. The van der Waals surface area contributed by atoms with Crippen LogP contribution in [0.5, 0.6) is 0 Å². The molecule has 2 N–H and O–H groups in total. The van der Waals surface area contributed by atoms with E-state index in [-0.39, 0.29) is 30.6 Å². The molecule has 0 aromatic heterocycles. The molecule has 1 aromatic carbocycles. The van der Waals surface area contributed by atoms with Crippen LogP contribution in [-0.2, 0) is 4.79 Å². The van der Waals surface area contributed by atoms with Crippen molar-refractivity contribution in [3.63, 3.8) is 0 Å². The molecular weight excluding hydrogens is 262 g/mol. The Morgan fingerprint density at radius 1 is 1.15 bits per heavy atom. The lowest BCUT2D eigenvalue weighted by molar-refractivity contribution is -0.121. The molecule has 1 saturated carbocycles. The molecule has 5 heteroatoms. The summed E-state index contributed by atoms with van der Waals surface area (Å²) in [6.07, 6.45) is 5.82. The first kappa shape index (κ1) is 14.8. The Hall–Kier alpha value is -1.65. The van der Waals surface area contributed by atoms with Gasteiger partial charge in [0.25, 0.3) is 0 Å². The molecule has 0 bridgehead atoms. The fourth-order valence-electron chi connectivity index (χ4n) is 2.51. The number of carbonyl (C=O) groups excluding carboxylic acids is 1. The highest BCUT2D eigenvalue weighted by molar-refractivity contribution is 5.76. The van der Waals surface area contributed by atoms with Gasteiger partial charge in [-0.15, -0.1) is 0 Å². The molecule has 1 amide bonds. The molecule has 1 fully saturated rings. The van der Waals surface area contributed by atoms with Gasteiger partial charge in [0.1, 0.15) is 17.3 Å². The molecule has 0 heterocycles. The van der Waals surface area contributed by atoms with Gasteiger partial charge in [-0.1, -0.05) is 25.3 Å². The maximum Gasteiger partial charge on any atom is 0.221 e. The van der Waals surface area contributed by atoms with Gasteiger partial charge in [0.15, 0.2) is 0 Å². The van der Waals surface area contributed by atoms with E-state index < -0.39 is 11.6 Å². The summed E-state index contributed by atoms with van der Waals surface area (Å²) in [5, 5.41) is 5.61. The van der Waals surface area contributed by atoms with Crippen molar-refractivity contribution < 1.29 is 13.6 Å². The lowest BCUT2D eigenvalue weighted by atomic mass is 9.95. The van der Waals surface area contributed by atoms with Gasteiger partial charge in [-0.05, 0) is 25.0 Å². The van der Waals surface area contributed by atoms with Crippen LogP contribution in [0.15, 0.2) is 18.2 Å². The second-order valence-electron chi connectivity index (χ2n) is 5.18. The van der Waals surface area contributed by atoms with E-state index in [2.05, 4.69) is 10.6 Å². The first-order valence-electron chi connectivity index (χ1n) is 7.14. The summed E-state index contributed by atoms with van der Waals surface area (Å²) in [6.45, 7) is 0.219. The van der Waals surface area contributed by atoms with Crippen molar-refractivity contribution in [1.82, 2.24) is 5.32 Å². The fourth-order valence-corrected chi connectivity index (χ4v) is 2.51. The highest BCUT2D eigenvalue weighted by atomic mass is 19.1. The molecule has 0 saturated heterocycles. The largest absolute Gasteiger partial charge is 0.380 e. The molecule has 3 nitrogen and oxygen atoms in total. The standard InChI is InChI=1S/C15H20F2N2O/c16-12-7-4-8-13(17)15(12)18-10-9-14(20)19-11-5-2-1-3-6-11/h4,7-8,11,18H,1-3,5-6,9-10H2,(H,19,20). The van der Waals surface area contributed by atoms with E-state index in [1.54, 1.807) is 0 Å². The fraction of sp³-hybridized carbons (Fsp3) is 0.533. The molecule has 2 rings (SSSR count). The van der Waals surface area contributed by atoms with Crippen molar-refractivity contribution in [2.75, 3.05) is 11.9 Å². The van der Waals surface area contributed by atoms with E-state index in [0.29, 0.717) is 0 Å². The van der Waals surface area contributed by atoms with Crippen LogP contribution in [-0.4, -0.2) is 18.5 Å². The summed E-state index contributed by atoms with van der Waals surface area (Å²) in [5.41, 5.74) is -0.169. The summed E-state index contributed by atoms with van der Waals surface area (Å²) in [7, 11) is 0. The van der Waals surface area contributed by atoms with Gasteiger partial charge in [-0.3, -0.25) is 4.79 Å². The molecule has 0 spiro atoms. The van der Waals surface area contributed by atoms with Gasteiger partial charge in [-0.2, -0.15) is 0 Å². The number of halogens is 2. The van der Waals surface area contributed by atoms with Crippen molar-refractivity contribution >= 4 is 11.6 Å². The Morgan fingerprint density at radius 2 is 1.80 bits per heavy atom. The number of benzene rings is 1. The quantitative estimate of drug-likeness (QED) is 0.870. The monoisotopic (exact) mass is 282 g/mol. The average molecular weight is 282 g/mol. The van der Waals surface area contributed by atoms with Crippen LogP contribution in [0.3, 0.4) is 0 Å². The normalized spacial score (nSPS) is 15.9. The number of rotatable bonds is 5. The van der Waals surface area contributed by atoms with Crippen LogP contribution in [0.4, 0.5) is 14.5 Å². The molecule has 1 aliphatic carbocycles. The zero-order chi connectivity index (χ0) is 14.4. The first-order valence-corrected chi connectivity index (χ1v) is 7.14. The van der Waals surface area contributed by atoms with Gasteiger partial charge in [0.05, 0.1) is 0 Å². The SMILES string of the molecule is O=C(CCNc1c(F)cccc1F)NC1CCCCC1. The molecule has 0 aliphatic heterocycles. The lowest BCUT2D eigenvalue weighted by Crippen LogP contribution is -2.36. The molecule has 20 heavy (non-hydrogen) atoms. The first-order chi connectivity index (χ1) is 9.66. The van der Waals surface area contributed by atoms with Gasteiger partial charge in [0, 0.05) is 19.0 Å². The number of nitrogens with one attached hydrogen (secondary N) is 2. The van der Waals surface area contributed by atoms with Gasteiger partial charge in [0.2, 0.25) is 5.91 Å². The minimum atomic E-state index is -0.641. The zero-order valence-corrected chi connectivity index (χ0v) is 11.4. The predicted octanol–water partition coefficient (Wildman–Crippen LogP) is 3.22. The maximum atomic E-state index is 13.3. The Morgan fingerprint density at radius 3 is 2.45 bits per heavy atom. The molecule has 0 atom stereocenters. The van der Waals surface area contributed by atoms with Crippen molar-refractivity contribution in [2.24, 2.45) is 0 Å². The van der Waals surface area contributed by atoms with Crippen LogP contribution in [0.2, 0.25) is 0 Å². The van der Waals surface area contributed by atoms with Crippen LogP contribution in [0.1, 0.15) is 38.5 Å². The van der Waals surface area contributed by atoms with Crippen molar-refractivity contribution in [2.45, 2.75) is 44.6 Å². The van der Waals surface area contributed by atoms with E-state index in [0.717, 1.165) is 25.7 Å². The second-order valence-corrected chi connectivity index (χ2v) is 5.18. The third-order valence-electron chi connectivity index (χ3n) is 3.59. The van der Waals surface area contributed by atoms with Crippen LogP contribution < -0.4 is 10.6 Å². The topological polar surface area (TPSA) is 41.1 Å². The molecule has 0 radical (unpaired) electrons. The highest BCUT2D eigenvalue weighted by Crippen LogP contribution is 2.18. The van der Waals surface area contributed by atoms with Gasteiger partial charge >= 0.3 is 0 Å². The van der Waals surface area contributed by atoms with Gasteiger partial charge < -0.3 is 10.6 Å². The second kappa shape index (κ2) is 7.22. The average Bonchev–Trinajstić information content (AvgIpc) is 2.43. The predicted molar refractivity (Wildman–Crippen MR) is 74.5 cm³/mol. The Kier molecular flexibility index (Phi) is 5.32. The van der Waals surface area contributed by atoms with E-state index >= 15 is 0 Å². The summed E-state index contributed by atoms with van der Waals surface area (Å²) in [6, 6.07) is 3.95. The van der Waals surface area contributed by atoms with E-state index in [9.17, 15) is 13.6 Å². The highest BCUT2D eigenvalue weighted by Gasteiger charge is 2.15. The van der Waals surface area contributed by atoms with E-state index in [1.165, 1.54) is 24.6 Å². The zero-order valence-electron chi connectivity index (χ0n) is 11.4. The van der Waals surface area contributed by atoms with E-state index in [4.69, 9.17) is 0 Å². The third-order valence-corrected chi connectivity index (χ3v) is 3.59. The van der Waals surface area contributed by atoms with Crippen LogP contribution in [0, 0.1) is 11.6 Å². The van der Waals surface area contributed by atoms with Crippen LogP contribution >= 0.6 is 0 Å². The summed E-state index contributed by atoms with van der Waals surface area (Å²) in [4.78, 5) is 11.7. The Balaban J connectivity index is 1.73. The number of anilines is 1. The number of amides is 1. The van der Waals surface area contributed by atoms with Crippen molar-refractivity contribution in [3.05, 3.63) is 29.8 Å². The molecule has 1 aliphatic rings. The van der Waals surface area contributed by atoms with Gasteiger partial charge in [-0.25, -0.2) is 8.78 Å². The Bertz CT molecular complexity index is 439. The minimum absolute atomic E-state index is 0.0684. The summed E-state index contributed by atoms with van der Waals surface area (Å²) < 4.78 is 26.7. The van der Waals surface area contributed by atoms with Crippen LogP contribution in [0.25, 0.3) is 0 Å². The number of hydrogen-bond acceptors (Lipinski definition) is 2. The molecule has 1 aromatic rings. The Labute approximate surface area is 117 Å².